The predicted octanol–water partition coefficient (Wildman–Crippen LogP) is 4.97. The highest BCUT2D eigenvalue weighted by atomic mass is 19.1. The van der Waals surface area contributed by atoms with Crippen molar-refractivity contribution < 1.29 is 9.50 Å². The van der Waals surface area contributed by atoms with Crippen LogP contribution in [0, 0.1) is 23.1 Å². The number of hydrogen-bond donors (Lipinski definition) is 1. The maximum absolute atomic E-state index is 14.8. The Hall–Kier alpha value is -4.06. The summed E-state index contributed by atoms with van der Waals surface area (Å²) in [7, 11) is 1.91. The van der Waals surface area contributed by atoms with Crippen LogP contribution in [-0.2, 0) is 13.6 Å². The van der Waals surface area contributed by atoms with E-state index in [-0.39, 0.29) is 12.2 Å². The highest BCUT2D eigenvalue weighted by Crippen LogP contribution is 2.38. The van der Waals surface area contributed by atoms with Crippen molar-refractivity contribution in [3.05, 3.63) is 72.4 Å². The van der Waals surface area contributed by atoms with Crippen LogP contribution < -0.4 is 0 Å². The maximum atomic E-state index is 14.8. The molecular formula is C30H29FN6O. The Morgan fingerprint density at radius 3 is 2.79 bits per heavy atom. The molecule has 6 rings (SSSR count). The summed E-state index contributed by atoms with van der Waals surface area (Å²) in [5.74, 6) is -0.0596. The molecule has 4 heterocycles. The number of nitriles is 1. The van der Waals surface area contributed by atoms with E-state index < -0.39 is 5.82 Å². The molecule has 192 valence electrons. The average molecular weight is 509 g/mol. The summed E-state index contributed by atoms with van der Waals surface area (Å²) in [6.45, 7) is 3.74. The minimum absolute atomic E-state index is 0.0227. The second kappa shape index (κ2) is 10.0. The lowest BCUT2D eigenvalue weighted by atomic mass is 9.95. The number of rotatable bonds is 6. The van der Waals surface area contributed by atoms with Crippen LogP contribution in [0.3, 0.4) is 0 Å². The Kier molecular flexibility index (Phi) is 6.40. The molecule has 1 aliphatic rings. The van der Waals surface area contributed by atoms with Gasteiger partial charge in [0.15, 0.2) is 0 Å². The fourth-order valence-electron chi connectivity index (χ4n) is 5.82. The minimum atomic E-state index is -0.540. The molecule has 1 saturated heterocycles. The molecule has 0 aliphatic carbocycles. The monoisotopic (exact) mass is 508 g/mol. The van der Waals surface area contributed by atoms with Crippen molar-refractivity contribution >= 4 is 21.8 Å². The Morgan fingerprint density at radius 1 is 1.11 bits per heavy atom. The first-order valence-electron chi connectivity index (χ1n) is 13.0. The molecule has 0 saturated carbocycles. The van der Waals surface area contributed by atoms with Crippen molar-refractivity contribution in [1.29, 1.82) is 5.26 Å². The SMILES string of the molecule is Cn1ncc2cc(-c3ncc4c(ccn4CC4CCCN(CCO)C4)c3-c3ccc(C#N)c(F)c3)ccc21. The fourth-order valence-corrected chi connectivity index (χ4v) is 5.82. The quantitative estimate of drug-likeness (QED) is 0.350. The Bertz CT molecular complexity index is 1680. The summed E-state index contributed by atoms with van der Waals surface area (Å²) in [5.41, 5.74) is 5.26. The number of hydrogen-bond acceptors (Lipinski definition) is 5. The number of β-amino-alcohol motifs (C(OH)–C–C–N with tert-alkyl or cyclic N) is 1. The van der Waals surface area contributed by atoms with Gasteiger partial charge in [0.05, 0.1) is 41.3 Å². The van der Waals surface area contributed by atoms with Gasteiger partial charge in [-0.1, -0.05) is 12.1 Å². The molecule has 1 N–H and O–H groups in total. The van der Waals surface area contributed by atoms with Gasteiger partial charge in [-0.25, -0.2) is 4.39 Å². The highest BCUT2D eigenvalue weighted by molar-refractivity contribution is 6.02. The van der Waals surface area contributed by atoms with Gasteiger partial charge >= 0.3 is 0 Å². The van der Waals surface area contributed by atoms with Crippen molar-refractivity contribution in [2.45, 2.75) is 19.4 Å². The van der Waals surface area contributed by atoms with E-state index in [0.717, 1.165) is 71.1 Å². The molecular weight excluding hydrogens is 479 g/mol. The minimum Gasteiger partial charge on any atom is -0.395 e. The first kappa shape index (κ1) is 24.3. The summed E-state index contributed by atoms with van der Waals surface area (Å²) in [5, 5.41) is 25.0. The highest BCUT2D eigenvalue weighted by Gasteiger charge is 2.22. The zero-order valence-corrected chi connectivity index (χ0v) is 21.3. The van der Waals surface area contributed by atoms with Crippen molar-refractivity contribution in [2.75, 3.05) is 26.2 Å². The van der Waals surface area contributed by atoms with Gasteiger partial charge in [0, 0.05) is 54.8 Å². The Morgan fingerprint density at radius 2 is 1.97 bits per heavy atom. The lowest BCUT2D eigenvalue weighted by Gasteiger charge is -2.32. The average Bonchev–Trinajstić information content (AvgIpc) is 3.51. The molecule has 7 nitrogen and oxygen atoms in total. The third kappa shape index (κ3) is 4.34. The van der Waals surface area contributed by atoms with Crippen LogP contribution in [0.1, 0.15) is 18.4 Å². The van der Waals surface area contributed by atoms with Crippen molar-refractivity contribution in [2.24, 2.45) is 13.0 Å². The van der Waals surface area contributed by atoms with E-state index in [2.05, 4.69) is 32.9 Å². The topological polar surface area (TPSA) is 82.9 Å². The standard InChI is InChI=1S/C30H29FN6O/c1-35-27-7-6-22(13-24(27)16-34-35)30-29(21-4-5-23(15-32)26(31)14-21)25-8-10-37(28(25)17-33-30)19-20-3-2-9-36(18-20)11-12-38/h4-8,10,13-14,16-17,20,38H,2-3,9,11-12,18-19H2,1H3. The van der Waals surface area contributed by atoms with Gasteiger partial charge in [0.2, 0.25) is 0 Å². The normalized spacial score (nSPS) is 16.3. The molecule has 0 radical (unpaired) electrons. The third-order valence-corrected chi connectivity index (χ3v) is 7.70. The van der Waals surface area contributed by atoms with Gasteiger partial charge < -0.3 is 14.6 Å². The molecule has 3 aromatic heterocycles. The second-order valence-corrected chi connectivity index (χ2v) is 10.1. The Labute approximate surface area is 220 Å². The Balaban J connectivity index is 1.47. The summed E-state index contributed by atoms with van der Waals surface area (Å²) < 4.78 is 18.9. The van der Waals surface area contributed by atoms with Crippen molar-refractivity contribution in [3.8, 4) is 28.5 Å². The molecule has 8 heteroatoms. The third-order valence-electron chi connectivity index (χ3n) is 7.70. The first-order valence-corrected chi connectivity index (χ1v) is 13.0. The number of pyridine rings is 1. The fraction of sp³-hybridized carbons (Fsp3) is 0.300. The number of nitrogens with zero attached hydrogens (tertiary/aromatic N) is 6. The van der Waals surface area contributed by atoms with Gasteiger partial charge in [0.25, 0.3) is 0 Å². The lowest BCUT2D eigenvalue weighted by Crippen LogP contribution is -2.38. The molecule has 5 aromatic rings. The zero-order valence-electron chi connectivity index (χ0n) is 21.3. The molecule has 1 fully saturated rings. The summed E-state index contributed by atoms with van der Waals surface area (Å²) in [6, 6.07) is 14.9. The van der Waals surface area contributed by atoms with Crippen LogP contribution >= 0.6 is 0 Å². The molecule has 0 bridgehead atoms. The van der Waals surface area contributed by atoms with E-state index >= 15 is 0 Å². The zero-order chi connectivity index (χ0) is 26.2. The van der Waals surface area contributed by atoms with E-state index in [4.69, 9.17) is 4.98 Å². The number of aryl methyl sites for hydroxylation is 1. The van der Waals surface area contributed by atoms with E-state index in [1.807, 2.05) is 42.3 Å². The number of aromatic nitrogens is 4. The van der Waals surface area contributed by atoms with Gasteiger partial charge in [-0.3, -0.25) is 9.67 Å². The summed E-state index contributed by atoms with van der Waals surface area (Å²) >= 11 is 0. The van der Waals surface area contributed by atoms with E-state index in [1.54, 1.807) is 6.07 Å². The molecule has 2 aromatic carbocycles. The van der Waals surface area contributed by atoms with Crippen LogP contribution in [0.25, 0.3) is 44.2 Å². The number of halogens is 1. The number of likely N-dealkylation sites (tertiary alicyclic amines) is 1. The predicted molar refractivity (Wildman–Crippen MR) is 146 cm³/mol. The van der Waals surface area contributed by atoms with Gasteiger partial charge in [-0.15, -0.1) is 0 Å². The molecule has 38 heavy (non-hydrogen) atoms. The molecule has 0 amide bonds. The largest absolute Gasteiger partial charge is 0.395 e. The number of benzene rings is 2. The first-order chi connectivity index (χ1) is 18.6. The van der Waals surface area contributed by atoms with Crippen LogP contribution in [0.2, 0.25) is 0 Å². The van der Waals surface area contributed by atoms with Gasteiger partial charge in [0.1, 0.15) is 11.9 Å². The number of piperidine rings is 1. The van der Waals surface area contributed by atoms with Crippen LogP contribution in [0.15, 0.2) is 61.1 Å². The van der Waals surface area contributed by atoms with Crippen LogP contribution in [-0.4, -0.2) is 55.6 Å². The van der Waals surface area contributed by atoms with Crippen molar-refractivity contribution in [3.63, 3.8) is 0 Å². The number of aliphatic hydroxyl groups is 1. The van der Waals surface area contributed by atoms with Crippen molar-refractivity contribution in [1.82, 2.24) is 24.2 Å². The molecule has 1 aliphatic heterocycles. The number of fused-ring (bicyclic) bond motifs is 2. The van der Waals surface area contributed by atoms with E-state index in [9.17, 15) is 14.8 Å². The molecule has 1 unspecified atom stereocenters. The van der Waals surface area contributed by atoms with Crippen LogP contribution in [0.4, 0.5) is 4.39 Å². The summed E-state index contributed by atoms with van der Waals surface area (Å²) in [6.07, 6.45) is 8.11. The molecule has 1 atom stereocenters. The van der Waals surface area contributed by atoms with Gasteiger partial charge in [-0.2, -0.15) is 10.4 Å². The smallest absolute Gasteiger partial charge is 0.141 e. The number of aliphatic hydroxyl groups excluding tert-OH is 1. The second-order valence-electron chi connectivity index (χ2n) is 10.1. The molecule has 0 spiro atoms. The van der Waals surface area contributed by atoms with E-state index in [1.165, 1.54) is 12.1 Å². The lowest BCUT2D eigenvalue weighted by molar-refractivity contribution is 0.133. The van der Waals surface area contributed by atoms with Gasteiger partial charge in [-0.05, 0) is 61.2 Å². The maximum Gasteiger partial charge on any atom is 0.141 e. The van der Waals surface area contributed by atoms with E-state index in [0.29, 0.717) is 18.0 Å². The van der Waals surface area contributed by atoms with Crippen LogP contribution in [0.5, 0.6) is 0 Å². The summed E-state index contributed by atoms with van der Waals surface area (Å²) in [4.78, 5) is 7.26.